The molecule has 0 spiro atoms. The molecule has 9 nitrogen and oxygen atoms in total. The van der Waals surface area contributed by atoms with Crippen molar-refractivity contribution in [1.82, 2.24) is 9.55 Å². The number of methoxy groups -OCH3 is 1. The topological polar surface area (TPSA) is 112 Å². The number of carbonyl (C=O) groups excluding carboxylic acids is 3. The van der Waals surface area contributed by atoms with Gasteiger partial charge in [-0.1, -0.05) is 40.0 Å². The first kappa shape index (κ1) is 30.2. The fourth-order valence-corrected chi connectivity index (χ4v) is 4.09. The van der Waals surface area contributed by atoms with Crippen molar-refractivity contribution in [3.8, 4) is 0 Å². The number of Topliss-reactive ketones (excluding diaryl/α,β-unsaturated/α-hetero) is 1. The molecule has 1 amide bonds. The average molecular weight is 515 g/mol. The molecule has 9 heteroatoms. The summed E-state index contributed by atoms with van der Waals surface area (Å²) in [5.41, 5.74) is 1.25. The van der Waals surface area contributed by atoms with Gasteiger partial charge in [0.15, 0.2) is 23.7 Å². The number of allylic oxidation sites excluding steroid dienone is 2. The number of aliphatic imine (C=N–C) groups is 1. The number of imidazole rings is 1. The standard InChI is InChI=1S/C28H42N4O5/c1-19(2)10-7-8-11-20(3)16-29-23-15-25(24(36-6)14-22(23)21(4)34)37-13-9-12-28(35)31-26-17-32(5)27(18-33)30-26/h14,16-20,25H,7-13,15H2,1-6H3,(H,31,35)/b29-16-. The van der Waals surface area contributed by atoms with Crippen LogP contribution < -0.4 is 5.32 Å². The smallest absolute Gasteiger partial charge is 0.225 e. The number of aryl methyl sites for hydroxylation is 1. The van der Waals surface area contributed by atoms with Gasteiger partial charge >= 0.3 is 0 Å². The van der Waals surface area contributed by atoms with E-state index in [0.717, 1.165) is 18.8 Å². The van der Waals surface area contributed by atoms with E-state index in [9.17, 15) is 14.4 Å². The zero-order valence-electron chi connectivity index (χ0n) is 23.1. The van der Waals surface area contributed by atoms with E-state index in [-0.39, 0.29) is 30.0 Å². The number of unbranched alkanes of at least 4 members (excludes halogenated alkanes) is 1. The Kier molecular flexibility index (Phi) is 12.4. The number of amides is 1. The summed E-state index contributed by atoms with van der Waals surface area (Å²) in [6, 6.07) is 0. The number of hydrogen-bond acceptors (Lipinski definition) is 7. The third-order valence-electron chi connectivity index (χ3n) is 6.24. The Bertz CT molecular complexity index is 1020. The molecule has 2 unspecified atom stereocenters. The number of ketones is 1. The number of nitrogens with one attached hydrogen (secondary N) is 1. The first-order valence-electron chi connectivity index (χ1n) is 13.1. The lowest BCUT2D eigenvalue weighted by Gasteiger charge is -2.25. The molecule has 1 N–H and O–H groups in total. The van der Waals surface area contributed by atoms with Gasteiger partial charge in [-0.2, -0.15) is 0 Å². The van der Waals surface area contributed by atoms with Crippen LogP contribution in [0.3, 0.4) is 0 Å². The van der Waals surface area contributed by atoms with Gasteiger partial charge in [-0.3, -0.25) is 19.4 Å². The van der Waals surface area contributed by atoms with Crippen molar-refractivity contribution < 1.29 is 23.9 Å². The lowest BCUT2D eigenvalue weighted by Crippen LogP contribution is -2.24. The van der Waals surface area contributed by atoms with Crippen LogP contribution in [0.15, 0.2) is 34.3 Å². The molecular formula is C28H42N4O5. The minimum atomic E-state index is -0.379. The Balaban J connectivity index is 1.90. The summed E-state index contributed by atoms with van der Waals surface area (Å²) in [4.78, 5) is 44.2. The van der Waals surface area contributed by atoms with E-state index in [1.165, 1.54) is 19.8 Å². The van der Waals surface area contributed by atoms with Gasteiger partial charge in [0.05, 0.1) is 12.8 Å². The summed E-state index contributed by atoms with van der Waals surface area (Å²) in [7, 11) is 3.24. The third-order valence-corrected chi connectivity index (χ3v) is 6.24. The summed E-state index contributed by atoms with van der Waals surface area (Å²) in [6.45, 7) is 8.50. The summed E-state index contributed by atoms with van der Waals surface area (Å²) >= 11 is 0. The van der Waals surface area contributed by atoms with Crippen molar-refractivity contribution in [3.05, 3.63) is 35.1 Å². The second-order valence-electron chi connectivity index (χ2n) is 10.0. The van der Waals surface area contributed by atoms with Crippen LogP contribution in [0.4, 0.5) is 5.82 Å². The number of ether oxygens (including phenoxy) is 2. The van der Waals surface area contributed by atoms with Gasteiger partial charge in [-0.15, -0.1) is 0 Å². The van der Waals surface area contributed by atoms with Gasteiger partial charge in [0.1, 0.15) is 11.9 Å². The van der Waals surface area contributed by atoms with Gasteiger partial charge in [0.25, 0.3) is 0 Å². The molecule has 0 bridgehead atoms. The Morgan fingerprint density at radius 3 is 2.59 bits per heavy atom. The second-order valence-corrected chi connectivity index (χ2v) is 10.0. The van der Waals surface area contributed by atoms with Crippen LogP contribution in [0.1, 0.15) is 83.3 Å². The van der Waals surface area contributed by atoms with E-state index in [1.807, 2.05) is 6.21 Å². The Hall–Kier alpha value is -3.07. The largest absolute Gasteiger partial charge is 0.498 e. The van der Waals surface area contributed by atoms with Crippen LogP contribution in [0.5, 0.6) is 0 Å². The quantitative estimate of drug-likeness (QED) is 0.188. The maximum atomic E-state index is 12.3. The van der Waals surface area contributed by atoms with Crippen LogP contribution in [0.2, 0.25) is 0 Å². The highest BCUT2D eigenvalue weighted by Crippen LogP contribution is 2.29. The fourth-order valence-electron chi connectivity index (χ4n) is 4.09. The second kappa shape index (κ2) is 15.2. The van der Waals surface area contributed by atoms with Crippen molar-refractivity contribution in [3.63, 3.8) is 0 Å². The van der Waals surface area contributed by atoms with E-state index in [1.54, 1.807) is 31.0 Å². The average Bonchev–Trinajstić information content (AvgIpc) is 3.21. The number of nitrogens with zero attached hydrogens (tertiary/aromatic N) is 3. The van der Waals surface area contributed by atoms with Crippen molar-refractivity contribution >= 4 is 30.0 Å². The maximum absolute atomic E-state index is 12.3. The maximum Gasteiger partial charge on any atom is 0.225 e. The van der Waals surface area contributed by atoms with Gasteiger partial charge in [0.2, 0.25) is 5.91 Å². The zero-order valence-corrected chi connectivity index (χ0v) is 23.1. The van der Waals surface area contributed by atoms with Crippen molar-refractivity contribution in [2.24, 2.45) is 23.9 Å². The summed E-state index contributed by atoms with van der Waals surface area (Å²) in [6.07, 6.45) is 11.3. The highest BCUT2D eigenvalue weighted by atomic mass is 16.5. The highest BCUT2D eigenvalue weighted by Gasteiger charge is 2.26. The zero-order chi connectivity index (χ0) is 27.4. The number of aromatic nitrogens is 2. The van der Waals surface area contributed by atoms with Crippen molar-refractivity contribution in [2.75, 3.05) is 19.0 Å². The third kappa shape index (κ3) is 10.1. The number of rotatable bonds is 16. The molecule has 1 aromatic heterocycles. The van der Waals surface area contributed by atoms with Crippen molar-refractivity contribution in [1.29, 1.82) is 0 Å². The first-order chi connectivity index (χ1) is 17.6. The van der Waals surface area contributed by atoms with Crippen LogP contribution in [-0.4, -0.2) is 53.6 Å². The van der Waals surface area contributed by atoms with Crippen LogP contribution in [0, 0.1) is 11.8 Å². The Morgan fingerprint density at radius 2 is 1.97 bits per heavy atom. The predicted molar refractivity (Wildman–Crippen MR) is 145 cm³/mol. The van der Waals surface area contributed by atoms with E-state index >= 15 is 0 Å². The fraction of sp³-hybridized carbons (Fsp3) is 0.607. The number of aldehydes is 1. The minimum absolute atomic E-state index is 0.0614. The molecule has 1 heterocycles. The van der Waals surface area contributed by atoms with Gasteiger partial charge < -0.3 is 19.4 Å². The van der Waals surface area contributed by atoms with Gasteiger partial charge in [0, 0.05) is 44.5 Å². The van der Waals surface area contributed by atoms with Gasteiger partial charge in [-0.05, 0) is 37.7 Å². The molecule has 37 heavy (non-hydrogen) atoms. The molecule has 1 aliphatic rings. The molecule has 0 saturated heterocycles. The molecular weight excluding hydrogens is 472 g/mol. The molecule has 0 radical (unpaired) electrons. The molecule has 0 aromatic carbocycles. The van der Waals surface area contributed by atoms with E-state index in [2.05, 4.69) is 31.1 Å². The summed E-state index contributed by atoms with van der Waals surface area (Å²) < 4.78 is 13.1. The molecule has 1 aliphatic carbocycles. The highest BCUT2D eigenvalue weighted by molar-refractivity contribution is 5.97. The molecule has 0 aliphatic heterocycles. The monoisotopic (exact) mass is 514 g/mol. The lowest BCUT2D eigenvalue weighted by atomic mass is 9.96. The predicted octanol–water partition coefficient (Wildman–Crippen LogP) is 5.04. The lowest BCUT2D eigenvalue weighted by molar-refractivity contribution is -0.117. The van der Waals surface area contributed by atoms with Crippen LogP contribution in [0.25, 0.3) is 0 Å². The van der Waals surface area contributed by atoms with E-state index in [0.29, 0.717) is 54.5 Å². The number of hydrogen-bond donors (Lipinski definition) is 1. The molecule has 204 valence electrons. The molecule has 0 fully saturated rings. The van der Waals surface area contributed by atoms with E-state index < -0.39 is 0 Å². The van der Waals surface area contributed by atoms with Crippen LogP contribution in [-0.2, 0) is 26.1 Å². The van der Waals surface area contributed by atoms with E-state index in [4.69, 9.17) is 14.5 Å². The number of carbonyl (C=O) groups is 3. The summed E-state index contributed by atoms with van der Waals surface area (Å²) in [5, 5.41) is 2.69. The molecule has 0 saturated carbocycles. The van der Waals surface area contributed by atoms with Crippen LogP contribution >= 0.6 is 0 Å². The minimum Gasteiger partial charge on any atom is -0.498 e. The molecule has 1 aromatic rings. The van der Waals surface area contributed by atoms with Gasteiger partial charge in [-0.25, -0.2) is 4.98 Å². The normalized spacial score (nSPS) is 16.7. The SMILES string of the molecule is COC1=CC(C(C)=O)=C(/N=C\C(C)CCCCC(C)C)CC1OCCCC(=O)Nc1cn(C)c(C=O)n1. The van der Waals surface area contributed by atoms with Crippen molar-refractivity contribution in [2.45, 2.75) is 78.7 Å². The number of anilines is 1. The summed E-state index contributed by atoms with van der Waals surface area (Å²) in [5.74, 6) is 1.92. The Labute approximate surface area is 220 Å². The Morgan fingerprint density at radius 1 is 1.24 bits per heavy atom. The molecule has 2 rings (SSSR count). The molecule has 2 atom stereocenters. The first-order valence-corrected chi connectivity index (χ1v) is 13.1.